The molecule has 3 rings (SSSR count). The van der Waals surface area contributed by atoms with Gasteiger partial charge in [-0.3, -0.25) is 0 Å². The van der Waals surface area contributed by atoms with Gasteiger partial charge in [0.25, 0.3) is 10.0 Å². The minimum atomic E-state index is -3.71. The van der Waals surface area contributed by atoms with E-state index >= 15 is 0 Å². The molecule has 7 heteroatoms. The van der Waals surface area contributed by atoms with Gasteiger partial charge in [0.05, 0.1) is 10.6 Å². The summed E-state index contributed by atoms with van der Waals surface area (Å²) in [5.74, 6) is 0. The number of hydrogen-bond acceptors (Lipinski definition) is 3. The number of halogens is 1. The molecule has 0 aliphatic heterocycles. The van der Waals surface area contributed by atoms with Gasteiger partial charge >= 0.3 is 0 Å². The summed E-state index contributed by atoms with van der Waals surface area (Å²) in [6, 6.07) is 16.2. The van der Waals surface area contributed by atoms with Crippen molar-refractivity contribution < 1.29 is 8.42 Å². The molecule has 2 aromatic carbocycles. The molecule has 0 unspecified atom stereocenters. The number of rotatable bonds is 4. The maximum absolute atomic E-state index is 12.5. The summed E-state index contributed by atoms with van der Waals surface area (Å²) in [6.45, 7) is 2.61. The summed E-state index contributed by atoms with van der Waals surface area (Å²) in [5, 5.41) is 1.94. The van der Waals surface area contributed by atoms with Crippen molar-refractivity contribution in [3.63, 3.8) is 0 Å². The summed E-state index contributed by atoms with van der Waals surface area (Å²) >= 11 is 4.75. The molecule has 1 aromatic heterocycles. The molecule has 24 heavy (non-hydrogen) atoms. The van der Waals surface area contributed by atoms with Gasteiger partial charge in [0.2, 0.25) is 4.80 Å². The van der Waals surface area contributed by atoms with Crippen molar-refractivity contribution >= 4 is 37.3 Å². The average Bonchev–Trinajstić information content (AvgIpc) is 2.98. The highest BCUT2D eigenvalue weighted by Gasteiger charge is 2.14. The molecule has 0 bridgehead atoms. The van der Waals surface area contributed by atoms with Crippen molar-refractivity contribution in [1.29, 1.82) is 0 Å². The molecule has 124 valence electrons. The molecule has 4 nitrogen and oxygen atoms in total. The summed E-state index contributed by atoms with van der Waals surface area (Å²) < 4.78 is 31.9. The van der Waals surface area contributed by atoms with Crippen LogP contribution in [0.15, 0.2) is 73.7 Å². The third kappa shape index (κ3) is 3.53. The summed E-state index contributed by atoms with van der Waals surface area (Å²) in [4.78, 5) is 0.672. The molecule has 0 atom stereocenters. The van der Waals surface area contributed by atoms with Crippen molar-refractivity contribution in [2.75, 3.05) is 0 Å². The zero-order valence-electron chi connectivity index (χ0n) is 12.9. The van der Waals surface area contributed by atoms with E-state index < -0.39 is 10.0 Å². The van der Waals surface area contributed by atoms with E-state index in [1.807, 2.05) is 41.1 Å². The second-order valence-electron chi connectivity index (χ2n) is 5.03. The number of thiazole rings is 1. The normalized spacial score (nSPS) is 12.5. The summed E-state index contributed by atoms with van der Waals surface area (Å²) in [5.41, 5.74) is 1.98. The second-order valence-corrected chi connectivity index (χ2v) is 8.39. The van der Waals surface area contributed by atoms with Crippen LogP contribution in [0.3, 0.4) is 0 Å². The Hall–Kier alpha value is -1.70. The van der Waals surface area contributed by atoms with Crippen LogP contribution in [-0.4, -0.2) is 13.0 Å². The first-order valence-electron chi connectivity index (χ1n) is 7.31. The van der Waals surface area contributed by atoms with Crippen molar-refractivity contribution in [3.05, 3.63) is 69.3 Å². The largest absolute Gasteiger partial charge is 0.316 e. The topological polar surface area (TPSA) is 51.4 Å². The monoisotopic (exact) mass is 422 g/mol. The van der Waals surface area contributed by atoms with E-state index in [4.69, 9.17) is 0 Å². The first-order chi connectivity index (χ1) is 11.5. The highest BCUT2D eigenvalue weighted by molar-refractivity contribution is 9.10. The predicted octanol–water partition coefficient (Wildman–Crippen LogP) is 4.29. The quantitative estimate of drug-likeness (QED) is 0.629. The smallest absolute Gasteiger partial charge is 0.285 e. The van der Waals surface area contributed by atoms with Crippen LogP contribution in [0, 0.1) is 0 Å². The second kappa shape index (κ2) is 7.04. The van der Waals surface area contributed by atoms with Crippen LogP contribution >= 0.6 is 27.3 Å². The van der Waals surface area contributed by atoms with Gasteiger partial charge in [-0.1, -0.05) is 46.3 Å². The maximum atomic E-state index is 12.5. The Morgan fingerprint density at radius 1 is 1.08 bits per heavy atom. The Morgan fingerprint density at radius 3 is 2.38 bits per heavy atom. The fourth-order valence-electron chi connectivity index (χ4n) is 2.31. The van der Waals surface area contributed by atoms with Crippen LogP contribution < -0.4 is 4.80 Å². The Labute approximate surface area is 153 Å². The van der Waals surface area contributed by atoms with Gasteiger partial charge in [0.15, 0.2) is 0 Å². The number of benzene rings is 2. The van der Waals surface area contributed by atoms with E-state index in [9.17, 15) is 8.42 Å². The molecule has 3 aromatic rings. The van der Waals surface area contributed by atoms with E-state index in [0.29, 0.717) is 11.3 Å². The predicted molar refractivity (Wildman–Crippen MR) is 100 cm³/mol. The minimum absolute atomic E-state index is 0.200. The van der Waals surface area contributed by atoms with Crippen LogP contribution in [0.25, 0.3) is 11.3 Å². The van der Waals surface area contributed by atoms with Crippen molar-refractivity contribution in [1.82, 2.24) is 4.57 Å². The SMILES string of the molecule is CCn1c(-c2ccc(Br)cc2)cs/c1=N\S(=O)(=O)c1ccccc1. The zero-order chi connectivity index (χ0) is 17.2. The lowest BCUT2D eigenvalue weighted by Crippen LogP contribution is -2.17. The number of hydrogen-bond donors (Lipinski definition) is 0. The van der Waals surface area contributed by atoms with Gasteiger partial charge in [0.1, 0.15) is 0 Å². The maximum Gasteiger partial charge on any atom is 0.285 e. The standard InChI is InChI=1S/C17H15BrN2O2S2/c1-2-20-16(13-8-10-14(18)11-9-13)12-23-17(20)19-24(21,22)15-6-4-3-5-7-15/h3-12H,2H2,1H3/b19-17-. The Bertz CT molecular complexity index is 1000. The first kappa shape index (κ1) is 17.1. The fourth-order valence-corrected chi connectivity index (χ4v) is 4.78. The number of aromatic nitrogens is 1. The van der Waals surface area contributed by atoms with Crippen molar-refractivity contribution in [2.24, 2.45) is 4.40 Å². The van der Waals surface area contributed by atoms with Crippen LogP contribution in [0.5, 0.6) is 0 Å². The fraction of sp³-hybridized carbons (Fsp3) is 0.118. The van der Waals surface area contributed by atoms with E-state index in [0.717, 1.165) is 15.7 Å². The molecule has 0 radical (unpaired) electrons. The minimum Gasteiger partial charge on any atom is -0.316 e. The third-order valence-corrected chi connectivity index (χ3v) is 6.28. The molecule has 0 saturated carbocycles. The average molecular weight is 423 g/mol. The van der Waals surface area contributed by atoms with Crippen LogP contribution in [0.2, 0.25) is 0 Å². The van der Waals surface area contributed by atoms with Gasteiger partial charge < -0.3 is 4.57 Å². The van der Waals surface area contributed by atoms with Crippen LogP contribution in [0.1, 0.15) is 6.92 Å². The lowest BCUT2D eigenvalue weighted by molar-refractivity contribution is 0.595. The molecule has 0 spiro atoms. The molecule has 0 aliphatic rings. The van der Waals surface area contributed by atoms with Crippen molar-refractivity contribution in [2.45, 2.75) is 18.4 Å². The number of sulfonamides is 1. The lowest BCUT2D eigenvalue weighted by atomic mass is 10.2. The molecule has 1 heterocycles. The highest BCUT2D eigenvalue weighted by atomic mass is 79.9. The van der Waals surface area contributed by atoms with Crippen molar-refractivity contribution in [3.8, 4) is 11.3 Å². The molecule has 0 amide bonds. The zero-order valence-corrected chi connectivity index (χ0v) is 16.1. The van der Waals surface area contributed by atoms with Gasteiger partial charge in [-0.25, -0.2) is 0 Å². The van der Waals surface area contributed by atoms with E-state index in [1.165, 1.54) is 11.3 Å². The van der Waals surface area contributed by atoms with E-state index in [2.05, 4.69) is 20.3 Å². The molecule has 0 aliphatic carbocycles. The van der Waals surface area contributed by atoms with E-state index in [1.54, 1.807) is 30.3 Å². The van der Waals surface area contributed by atoms with Gasteiger partial charge in [-0.15, -0.1) is 15.7 Å². The molecular formula is C17H15BrN2O2S2. The first-order valence-corrected chi connectivity index (χ1v) is 10.4. The molecular weight excluding hydrogens is 408 g/mol. The molecule has 0 fully saturated rings. The van der Waals surface area contributed by atoms with Crippen LogP contribution in [-0.2, 0) is 16.6 Å². The van der Waals surface area contributed by atoms with Crippen LogP contribution in [0.4, 0.5) is 0 Å². The van der Waals surface area contributed by atoms with Gasteiger partial charge in [0, 0.05) is 16.4 Å². The summed E-state index contributed by atoms with van der Waals surface area (Å²) in [7, 11) is -3.71. The van der Waals surface area contributed by atoms with Gasteiger partial charge in [-0.2, -0.15) is 8.42 Å². The van der Waals surface area contributed by atoms with E-state index in [-0.39, 0.29) is 4.90 Å². The Balaban J connectivity index is 2.11. The Kier molecular flexibility index (Phi) is 5.03. The number of nitrogens with zero attached hydrogens (tertiary/aromatic N) is 2. The molecule has 0 saturated heterocycles. The van der Waals surface area contributed by atoms with Gasteiger partial charge in [-0.05, 0) is 36.8 Å². The summed E-state index contributed by atoms with van der Waals surface area (Å²) in [6.07, 6.45) is 0. The molecule has 0 N–H and O–H groups in total. The third-order valence-electron chi connectivity index (χ3n) is 3.49. The Morgan fingerprint density at radius 2 is 1.75 bits per heavy atom. The lowest BCUT2D eigenvalue weighted by Gasteiger charge is -2.06. The highest BCUT2D eigenvalue weighted by Crippen LogP contribution is 2.22.